The van der Waals surface area contributed by atoms with Crippen LogP contribution in [0.3, 0.4) is 0 Å². The Labute approximate surface area is 152 Å². The van der Waals surface area contributed by atoms with Gasteiger partial charge in [-0.25, -0.2) is 4.31 Å². The first kappa shape index (κ1) is 19.4. The highest BCUT2D eigenvalue weighted by atomic mass is 32.2. The van der Waals surface area contributed by atoms with Crippen LogP contribution in [-0.4, -0.2) is 29.5 Å². The first-order chi connectivity index (χ1) is 11.2. The third-order valence-electron chi connectivity index (χ3n) is 4.14. The van der Waals surface area contributed by atoms with Crippen molar-refractivity contribution in [2.75, 3.05) is 20.6 Å². The monoisotopic (exact) mass is 347 g/mol. The zero-order chi connectivity index (χ0) is 17.9. The largest absolute Gasteiger partial charge is 0.347 e. The quantitative estimate of drug-likeness (QED) is 0.571. The predicted molar refractivity (Wildman–Crippen MR) is 108 cm³/mol. The van der Waals surface area contributed by atoms with Gasteiger partial charge in [-0.3, -0.25) is 4.72 Å². The van der Waals surface area contributed by atoms with Crippen LogP contribution < -0.4 is 4.72 Å². The van der Waals surface area contributed by atoms with Crippen molar-refractivity contribution in [3.63, 3.8) is 0 Å². The van der Waals surface area contributed by atoms with Gasteiger partial charge in [-0.05, 0) is 49.0 Å². The normalized spacial score (nSPS) is 12.7. The molecule has 1 aromatic carbocycles. The molecule has 4 heteroatoms. The van der Waals surface area contributed by atoms with E-state index in [1.807, 2.05) is 0 Å². The molecule has 0 saturated heterocycles. The van der Waals surface area contributed by atoms with Crippen molar-refractivity contribution in [1.82, 2.24) is 13.6 Å². The van der Waals surface area contributed by atoms with E-state index in [4.69, 9.17) is 0 Å². The predicted octanol–water partition coefficient (Wildman–Crippen LogP) is 4.85. The molecule has 0 aliphatic carbocycles. The maximum atomic E-state index is 3.42. The summed E-state index contributed by atoms with van der Waals surface area (Å²) in [7, 11) is 4.11. The maximum Gasteiger partial charge on any atom is 0.0486 e. The SMILES string of the molecule is CC(C)Cn1cc(CCNSN(C)C)c2ccc(C(C)(C)C)cc21. The van der Waals surface area contributed by atoms with Gasteiger partial charge < -0.3 is 4.57 Å². The van der Waals surface area contributed by atoms with E-state index in [1.54, 1.807) is 12.1 Å². The molecule has 24 heavy (non-hydrogen) atoms. The Bertz CT molecular complexity index is 665. The van der Waals surface area contributed by atoms with Gasteiger partial charge in [-0.2, -0.15) is 0 Å². The smallest absolute Gasteiger partial charge is 0.0486 e. The molecule has 0 amide bonds. The molecule has 0 fully saturated rings. The molecule has 0 spiro atoms. The lowest BCUT2D eigenvalue weighted by atomic mass is 9.86. The van der Waals surface area contributed by atoms with Crippen LogP contribution in [0, 0.1) is 5.92 Å². The number of fused-ring (bicyclic) bond motifs is 1. The Morgan fingerprint density at radius 1 is 1.21 bits per heavy atom. The number of hydrogen-bond acceptors (Lipinski definition) is 3. The molecule has 1 heterocycles. The van der Waals surface area contributed by atoms with E-state index in [0.29, 0.717) is 5.92 Å². The van der Waals surface area contributed by atoms with Crippen molar-refractivity contribution in [3.8, 4) is 0 Å². The highest BCUT2D eigenvalue weighted by molar-refractivity contribution is 7.95. The van der Waals surface area contributed by atoms with Crippen LogP contribution in [0.5, 0.6) is 0 Å². The molecular weight excluding hydrogens is 314 g/mol. The second-order valence-corrected chi connectivity index (χ2v) is 9.43. The molecule has 0 atom stereocenters. The van der Waals surface area contributed by atoms with Crippen molar-refractivity contribution >= 4 is 23.0 Å². The summed E-state index contributed by atoms with van der Waals surface area (Å²) in [6.45, 7) is 13.5. The third-order valence-corrected chi connectivity index (χ3v) is 4.83. The molecule has 134 valence electrons. The third kappa shape index (κ3) is 5.01. The minimum absolute atomic E-state index is 0.186. The van der Waals surface area contributed by atoms with Gasteiger partial charge in [0.05, 0.1) is 0 Å². The lowest BCUT2D eigenvalue weighted by molar-refractivity contribution is 0.533. The van der Waals surface area contributed by atoms with Crippen molar-refractivity contribution in [3.05, 3.63) is 35.5 Å². The topological polar surface area (TPSA) is 20.2 Å². The molecule has 0 saturated carbocycles. The standard InChI is InChI=1S/C20H33N3S/c1-15(2)13-23-14-16(10-11-21-24-22(6)7)18-9-8-17(12-19(18)23)20(3,4)5/h8-9,12,14-15,21H,10-11,13H2,1-7H3. The van der Waals surface area contributed by atoms with E-state index in [9.17, 15) is 0 Å². The summed E-state index contributed by atoms with van der Waals surface area (Å²) < 4.78 is 7.95. The molecule has 3 nitrogen and oxygen atoms in total. The molecule has 1 aromatic heterocycles. The Kier molecular flexibility index (Phi) is 6.40. The summed E-state index contributed by atoms with van der Waals surface area (Å²) in [5, 5.41) is 1.40. The number of aromatic nitrogens is 1. The number of hydrogen-bond donors (Lipinski definition) is 1. The molecule has 0 unspecified atom stereocenters. The number of rotatable bonds is 7. The number of benzene rings is 1. The average Bonchev–Trinajstić information content (AvgIpc) is 2.79. The lowest BCUT2D eigenvalue weighted by Crippen LogP contribution is -2.15. The molecule has 0 bridgehead atoms. The minimum Gasteiger partial charge on any atom is -0.347 e. The maximum absolute atomic E-state index is 3.42. The van der Waals surface area contributed by atoms with Gasteiger partial charge in [0.15, 0.2) is 0 Å². The minimum atomic E-state index is 0.186. The molecule has 1 N–H and O–H groups in total. The molecule has 0 aliphatic heterocycles. The summed E-state index contributed by atoms with van der Waals surface area (Å²) in [4.78, 5) is 0. The Morgan fingerprint density at radius 2 is 1.92 bits per heavy atom. The highest BCUT2D eigenvalue weighted by Crippen LogP contribution is 2.29. The zero-order valence-corrected chi connectivity index (χ0v) is 17.1. The van der Waals surface area contributed by atoms with Crippen LogP contribution in [0.1, 0.15) is 45.7 Å². The van der Waals surface area contributed by atoms with E-state index in [1.165, 1.54) is 22.0 Å². The van der Waals surface area contributed by atoms with Crippen LogP contribution in [0.2, 0.25) is 0 Å². The Balaban J connectivity index is 2.31. The van der Waals surface area contributed by atoms with E-state index < -0.39 is 0 Å². The van der Waals surface area contributed by atoms with Gasteiger partial charge in [-0.1, -0.05) is 46.8 Å². The Morgan fingerprint density at radius 3 is 2.50 bits per heavy atom. The van der Waals surface area contributed by atoms with E-state index in [0.717, 1.165) is 19.5 Å². The van der Waals surface area contributed by atoms with Crippen LogP contribution in [-0.2, 0) is 18.4 Å². The van der Waals surface area contributed by atoms with Gasteiger partial charge in [0.25, 0.3) is 0 Å². The van der Waals surface area contributed by atoms with E-state index >= 15 is 0 Å². The number of nitrogens with one attached hydrogen (secondary N) is 1. The first-order valence-electron chi connectivity index (χ1n) is 8.88. The molecule has 2 rings (SSSR count). The highest BCUT2D eigenvalue weighted by Gasteiger charge is 2.17. The summed E-state index contributed by atoms with van der Waals surface area (Å²) in [5.41, 5.74) is 4.42. The van der Waals surface area contributed by atoms with Gasteiger partial charge in [-0.15, -0.1) is 0 Å². The molecular formula is C20H33N3S. The average molecular weight is 348 g/mol. The first-order valence-corrected chi connectivity index (χ1v) is 9.65. The fourth-order valence-electron chi connectivity index (χ4n) is 2.94. The second kappa shape index (κ2) is 7.94. The van der Waals surface area contributed by atoms with Crippen molar-refractivity contribution < 1.29 is 0 Å². The van der Waals surface area contributed by atoms with Crippen LogP contribution >= 0.6 is 12.1 Å². The van der Waals surface area contributed by atoms with Crippen LogP contribution in [0.15, 0.2) is 24.4 Å². The summed E-state index contributed by atoms with van der Waals surface area (Å²) >= 11 is 1.66. The van der Waals surface area contributed by atoms with Crippen molar-refractivity contribution in [2.45, 2.75) is 53.0 Å². The van der Waals surface area contributed by atoms with Gasteiger partial charge >= 0.3 is 0 Å². The summed E-state index contributed by atoms with van der Waals surface area (Å²) in [6.07, 6.45) is 3.41. The summed E-state index contributed by atoms with van der Waals surface area (Å²) in [6, 6.07) is 7.01. The van der Waals surface area contributed by atoms with Gasteiger partial charge in [0, 0.05) is 42.3 Å². The van der Waals surface area contributed by atoms with Crippen LogP contribution in [0.25, 0.3) is 10.9 Å². The number of nitrogens with zero attached hydrogens (tertiary/aromatic N) is 2. The molecule has 0 aliphatic rings. The Hall–Kier alpha value is -0.970. The lowest BCUT2D eigenvalue weighted by Gasteiger charge is -2.19. The van der Waals surface area contributed by atoms with Gasteiger partial charge in [0.2, 0.25) is 0 Å². The van der Waals surface area contributed by atoms with Crippen molar-refractivity contribution in [2.24, 2.45) is 5.92 Å². The summed E-state index contributed by atoms with van der Waals surface area (Å²) in [5.74, 6) is 0.647. The molecule has 2 aromatic rings. The van der Waals surface area contributed by atoms with Crippen molar-refractivity contribution in [1.29, 1.82) is 0 Å². The second-order valence-electron chi connectivity index (χ2n) is 8.23. The van der Waals surface area contributed by atoms with Crippen LogP contribution in [0.4, 0.5) is 0 Å². The fourth-order valence-corrected chi connectivity index (χ4v) is 3.39. The van der Waals surface area contributed by atoms with E-state index in [2.05, 4.69) is 86.7 Å². The molecule has 0 radical (unpaired) electrons. The fraction of sp³-hybridized carbons (Fsp3) is 0.600. The van der Waals surface area contributed by atoms with Gasteiger partial charge in [0.1, 0.15) is 0 Å². The van der Waals surface area contributed by atoms with E-state index in [-0.39, 0.29) is 5.41 Å². The zero-order valence-electron chi connectivity index (χ0n) is 16.3.